The van der Waals surface area contributed by atoms with Gasteiger partial charge in [0, 0.05) is 21.0 Å². The van der Waals surface area contributed by atoms with Crippen LogP contribution in [0.15, 0.2) is 45.3 Å². The number of nitrogens with two attached hydrogens (primary N) is 2. The Morgan fingerprint density at radius 3 is 1.40 bits per heavy atom. The van der Waals surface area contributed by atoms with E-state index in [-0.39, 0.29) is 12.1 Å². The Hall–Kier alpha value is -0.100. The second-order valence-corrected chi connectivity index (χ2v) is 6.92. The third kappa shape index (κ3) is 3.56. The van der Waals surface area contributed by atoms with Crippen LogP contribution in [0.4, 0.5) is 0 Å². The molecule has 0 radical (unpaired) electrons. The van der Waals surface area contributed by atoms with Gasteiger partial charge in [-0.25, -0.2) is 0 Å². The van der Waals surface area contributed by atoms with Gasteiger partial charge in [0.05, 0.1) is 10.0 Å². The largest absolute Gasteiger partial charge is 0.322 e. The van der Waals surface area contributed by atoms with Crippen LogP contribution in [0.25, 0.3) is 0 Å². The molecular weight excluding hydrogens is 427 g/mol. The lowest BCUT2D eigenvalue weighted by Crippen LogP contribution is -2.26. The summed E-state index contributed by atoms with van der Waals surface area (Å²) in [6.07, 6.45) is 0. The zero-order valence-corrected chi connectivity index (χ0v) is 15.0. The van der Waals surface area contributed by atoms with Crippen LogP contribution in [0.5, 0.6) is 0 Å². The van der Waals surface area contributed by atoms with Gasteiger partial charge in [-0.2, -0.15) is 0 Å². The van der Waals surface area contributed by atoms with E-state index in [2.05, 4.69) is 31.9 Å². The van der Waals surface area contributed by atoms with Gasteiger partial charge in [-0.05, 0) is 67.3 Å². The van der Waals surface area contributed by atoms with Crippen LogP contribution in [-0.4, -0.2) is 0 Å². The third-order valence-corrected chi connectivity index (χ3v) is 5.47. The SMILES string of the molecule is NC(c1ccc(Cl)c(Br)c1)C(N)c1ccc(Cl)c(Br)c1. The predicted octanol–water partition coefficient (Wildman–Crippen LogP) is 5.22. The van der Waals surface area contributed by atoms with Crippen LogP contribution in [0.3, 0.4) is 0 Å². The average molecular weight is 439 g/mol. The molecule has 2 rings (SSSR count). The molecule has 4 N–H and O–H groups in total. The van der Waals surface area contributed by atoms with Crippen LogP contribution >= 0.6 is 55.1 Å². The van der Waals surface area contributed by atoms with Crippen molar-refractivity contribution in [2.75, 3.05) is 0 Å². The van der Waals surface area contributed by atoms with Crippen molar-refractivity contribution in [1.29, 1.82) is 0 Å². The molecule has 0 aliphatic carbocycles. The fraction of sp³-hybridized carbons (Fsp3) is 0.143. The molecule has 20 heavy (non-hydrogen) atoms. The first-order valence-corrected chi connectivity index (χ1v) is 8.15. The molecule has 2 aromatic rings. The molecule has 2 unspecified atom stereocenters. The number of rotatable bonds is 3. The summed E-state index contributed by atoms with van der Waals surface area (Å²) in [5.41, 5.74) is 14.3. The molecule has 0 aromatic heterocycles. The maximum Gasteiger partial charge on any atom is 0.0548 e. The quantitative estimate of drug-likeness (QED) is 0.690. The van der Waals surface area contributed by atoms with Crippen LogP contribution in [-0.2, 0) is 0 Å². The predicted molar refractivity (Wildman–Crippen MR) is 92.2 cm³/mol. The Labute approximate surface area is 144 Å². The van der Waals surface area contributed by atoms with Gasteiger partial charge in [0.15, 0.2) is 0 Å². The lowest BCUT2D eigenvalue weighted by atomic mass is 9.95. The summed E-state index contributed by atoms with van der Waals surface area (Å²) in [4.78, 5) is 0. The molecule has 0 fully saturated rings. The Morgan fingerprint density at radius 2 is 1.10 bits per heavy atom. The molecule has 0 saturated heterocycles. The van der Waals surface area contributed by atoms with Crippen LogP contribution in [0.1, 0.15) is 23.2 Å². The van der Waals surface area contributed by atoms with Crippen molar-refractivity contribution >= 4 is 55.1 Å². The molecule has 0 spiro atoms. The highest BCUT2D eigenvalue weighted by Gasteiger charge is 2.18. The number of hydrogen-bond acceptors (Lipinski definition) is 2. The van der Waals surface area contributed by atoms with E-state index < -0.39 is 0 Å². The van der Waals surface area contributed by atoms with Crippen molar-refractivity contribution in [3.05, 3.63) is 66.5 Å². The summed E-state index contributed by atoms with van der Waals surface area (Å²) in [7, 11) is 0. The second kappa shape index (κ2) is 6.77. The van der Waals surface area contributed by atoms with Crippen molar-refractivity contribution in [2.45, 2.75) is 12.1 Å². The Bertz CT molecular complexity index is 579. The summed E-state index contributed by atoms with van der Waals surface area (Å²) in [6, 6.07) is 10.4. The van der Waals surface area contributed by atoms with E-state index in [1.54, 1.807) is 12.1 Å². The summed E-state index contributed by atoms with van der Waals surface area (Å²) < 4.78 is 1.60. The molecule has 0 amide bonds. The minimum atomic E-state index is -0.336. The molecule has 0 aliphatic rings. The first-order chi connectivity index (χ1) is 9.40. The highest BCUT2D eigenvalue weighted by molar-refractivity contribution is 9.10. The molecular formula is C14H12Br2Cl2N2. The van der Waals surface area contributed by atoms with Gasteiger partial charge >= 0.3 is 0 Å². The summed E-state index contributed by atoms with van der Waals surface area (Å²) >= 11 is 18.7. The van der Waals surface area contributed by atoms with Crippen molar-refractivity contribution in [3.8, 4) is 0 Å². The maximum atomic E-state index is 6.24. The van der Waals surface area contributed by atoms with Crippen molar-refractivity contribution in [2.24, 2.45) is 11.5 Å². The molecule has 2 aromatic carbocycles. The van der Waals surface area contributed by atoms with E-state index in [9.17, 15) is 0 Å². The van der Waals surface area contributed by atoms with Gasteiger partial charge in [0.2, 0.25) is 0 Å². The van der Waals surface area contributed by atoms with E-state index in [1.165, 1.54) is 0 Å². The lowest BCUT2D eigenvalue weighted by molar-refractivity contribution is 0.574. The first-order valence-electron chi connectivity index (χ1n) is 5.81. The molecule has 2 atom stereocenters. The Balaban J connectivity index is 2.29. The van der Waals surface area contributed by atoms with E-state index in [0.29, 0.717) is 10.0 Å². The molecule has 0 aliphatic heterocycles. The fourth-order valence-corrected chi connectivity index (χ4v) is 2.88. The zero-order valence-electron chi connectivity index (χ0n) is 10.3. The highest BCUT2D eigenvalue weighted by Crippen LogP contribution is 2.32. The highest BCUT2D eigenvalue weighted by atomic mass is 79.9. The van der Waals surface area contributed by atoms with Crippen molar-refractivity contribution in [1.82, 2.24) is 0 Å². The van der Waals surface area contributed by atoms with E-state index in [1.807, 2.05) is 24.3 Å². The van der Waals surface area contributed by atoms with Crippen LogP contribution in [0.2, 0.25) is 10.0 Å². The van der Waals surface area contributed by atoms with Gasteiger partial charge < -0.3 is 11.5 Å². The molecule has 106 valence electrons. The number of halogens is 4. The molecule has 0 bridgehead atoms. The second-order valence-electron chi connectivity index (χ2n) is 4.40. The van der Waals surface area contributed by atoms with Gasteiger partial charge in [0.25, 0.3) is 0 Å². The van der Waals surface area contributed by atoms with Crippen LogP contribution < -0.4 is 11.5 Å². The van der Waals surface area contributed by atoms with Crippen molar-refractivity contribution in [3.63, 3.8) is 0 Å². The number of hydrogen-bond donors (Lipinski definition) is 2. The molecule has 6 heteroatoms. The summed E-state index contributed by atoms with van der Waals surface area (Å²) in [6.45, 7) is 0. The third-order valence-electron chi connectivity index (χ3n) is 3.04. The molecule has 0 saturated carbocycles. The monoisotopic (exact) mass is 436 g/mol. The van der Waals surface area contributed by atoms with E-state index in [0.717, 1.165) is 20.1 Å². The molecule has 0 heterocycles. The van der Waals surface area contributed by atoms with Crippen LogP contribution in [0, 0.1) is 0 Å². The summed E-state index contributed by atoms with van der Waals surface area (Å²) in [5.74, 6) is 0. The number of benzene rings is 2. The standard InChI is InChI=1S/C14H12Br2Cl2N2/c15-9-5-7(1-3-11(9)17)13(19)14(20)8-2-4-12(18)10(16)6-8/h1-6,13-14H,19-20H2. The van der Waals surface area contributed by atoms with E-state index >= 15 is 0 Å². The smallest absolute Gasteiger partial charge is 0.0548 e. The zero-order chi connectivity index (χ0) is 14.9. The normalized spacial score (nSPS) is 14.1. The maximum absolute atomic E-state index is 6.24. The molecule has 2 nitrogen and oxygen atoms in total. The van der Waals surface area contributed by atoms with Gasteiger partial charge in [-0.3, -0.25) is 0 Å². The minimum absolute atomic E-state index is 0.336. The lowest BCUT2D eigenvalue weighted by Gasteiger charge is -2.21. The van der Waals surface area contributed by atoms with Gasteiger partial charge in [-0.15, -0.1) is 0 Å². The van der Waals surface area contributed by atoms with E-state index in [4.69, 9.17) is 34.7 Å². The summed E-state index contributed by atoms with van der Waals surface area (Å²) in [5, 5.41) is 1.28. The van der Waals surface area contributed by atoms with Crippen molar-refractivity contribution < 1.29 is 0 Å². The Kier molecular flexibility index (Phi) is 5.51. The fourth-order valence-electron chi connectivity index (χ4n) is 1.85. The minimum Gasteiger partial charge on any atom is -0.322 e. The Morgan fingerprint density at radius 1 is 0.750 bits per heavy atom. The average Bonchev–Trinajstić information content (AvgIpc) is 2.43. The van der Waals surface area contributed by atoms with Gasteiger partial charge in [0.1, 0.15) is 0 Å². The first kappa shape index (κ1) is 16.3. The topological polar surface area (TPSA) is 52.0 Å². The van der Waals surface area contributed by atoms with Gasteiger partial charge in [-0.1, -0.05) is 35.3 Å².